The Bertz CT molecular complexity index is 1310. The lowest BCUT2D eigenvalue weighted by Gasteiger charge is -2.26. The second-order valence-corrected chi connectivity index (χ2v) is 9.07. The van der Waals surface area contributed by atoms with Crippen LogP contribution >= 0.6 is 0 Å². The van der Waals surface area contributed by atoms with E-state index in [0.29, 0.717) is 16.6 Å². The summed E-state index contributed by atoms with van der Waals surface area (Å²) in [5.41, 5.74) is 4.03. The molecule has 3 rings (SSSR count). The molecule has 3 aromatic rings. The van der Waals surface area contributed by atoms with Gasteiger partial charge >= 0.3 is 5.97 Å². The highest BCUT2D eigenvalue weighted by Gasteiger charge is 2.41. The number of benzene rings is 3. The van der Waals surface area contributed by atoms with Crippen molar-refractivity contribution in [3.63, 3.8) is 0 Å². The first kappa shape index (κ1) is 22.9. The minimum atomic E-state index is -4.05. The topological polar surface area (TPSA) is 162 Å². The van der Waals surface area contributed by atoms with Crippen molar-refractivity contribution in [2.24, 2.45) is 5.73 Å². The van der Waals surface area contributed by atoms with Gasteiger partial charge in [0.2, 0.25) is 10.0 Å². The minimum absolute atomic E-state index is 0.0335. The molecule has 0 aromatic heterocycles. The first-order valence-corrected chi connectivity index (χ1v) is 11.0. The highest BCUT2D eigenvalue weighted by atomic mass is 32.2. The van der Waals surface area contributed by atoms with Gasteiger partial charge < -0.3 is 16.2 Å². The maximum atomic E-state index is 12.8. The lowest BCUT2D eigenvalue weighted by Crippen LogP contribution is -2.54. The fraction of sp³-hybridized carbons (Fsp3) is 0.136. The Kier molecular flexibility index (Phi) is 6.28. The fourth-order valence-corrected chi connectivity index (χ4v) is 4.04. The van der Waals surface area contributed by atoms with Gasteiger partial charge in [0.15, 0.2) is 11.3 Å². The number of ketones is 1. The van der Waals surface area contributed by atoms with Gasteiger partial charge in [-0.3, -0.25) is 10.2 Å². The number of sulfonamides is 1. The third-order valence-electron chi connectivity index (χ3n) is 5.03. The zero-order valence-electron chi connectivity index (χ0n) is 17.1. The molecule has 0 bridgehead atoms. The van der Waals surface area contributed by atoms with Gasteiger partial charge in [-0.15, -0.1) is 0 Å². The number of nitrogens with one attached hydrogen (secondary N) is 3. The zero-order valence-corrected chi connectivity index (χ0v) is 17.9. The Morgan fingerprint density at radius 3 is 2.25 bits per heavy atom. The van der Waals surface area contributed by atoms with Gasteiger partial charge in [-0.25, -0.2) is 17.9 Å². The molecule has 0 heterocycles. The average Bonchev–Trinajstić information content (AvgIpc) is 2.77. The van der Waals surface area contributed by atoms with Crippen molar-refractivity contribution < 1.29 is 23.1 Å². The Morgan fingerprint density at radius 1 is 1.03 bits per heavy atom. The van der Waals surface area contributed by atoms with Crippen LogP contribution < -0.4 is 15.8 Å². The highest BCUT2D eigenvalue weighted by Crippen LogP contribution is 2.20. The molecule has 9 nitrogen and oxygen atoms in total. The molecule has 32 heavy (non-hydrogen) atoms. The molecule has 0 radical (unpaired) electrons. The summed E-state index contributed by atoms with van der Waals surface area (Å²) in [4.78, 5) is 24.6. The number of hydrogen-bond donors (Lipinski definition) is 5. The Labute approximate surface area is 184 Å². The van der Waals surface area contributed by atoms with E-state index in [0.717, 1.165) is 12.3 Å². The molecule has 6 N–H and O–H groups in total. The maximum absolute atomic E-state index is 12.8. The number of carbonyl (C=O) groups is 2. The second kappa shape index (κ2) is 8.77. The van der Waals surface area contributed by atoms with E-state index in [1.807, 2.05) is 12.1 Å². The summed E-state index contributed by atoms with van der Waals surface area (Å²) in [5, 5.41) is 21.3. The fourth-order valence-electron chi connectivity index (χ4n) is 3.02. The van der Waals surface area contributed by atoms with Gasteiger partial charge in [0.25, 0.3) is 0 Å². The summed E-state index contributed by atoms with van der Waals surface area (Å²) in [6, 6.07) is 17.7. The lowest BCUT2D eigenvalue weighted by molar-refractivity contribution is -0.146. The van der Waals surface area contributed by atoms with E-state index in [1.165, 1.54) is 36.4 Å². The Hall–Kier alpha value is -3.76. The molecule has 0 saturated heterocycles. The van der Waals surface area contributed by atoms with Gasteiger partial charge in [-0.1, -0.05) is 30.3 Å². The number of carboxylic acids is 1. The molecule has 0 spiro atoms. The van der Waals surface area contributed by atoms with Crippen LogP contribution in [0.5, 0.6) is 0 Å². The van der Waals surface area contributed by atoms with Crippen molar-refractivity contribution in [3.05, 3.63) is 72.3 Å². The van der Waals surface area contributed by atoms with Crippen molar-refractivity contribution in [3.8, 4) is 0 Å². The number of hydrogen-bond acceptors (Lipinski definition) is 6. The number of Topliss-reactive ketones (excluding diaryl/α,β-unsaturated/α-hetero) is 1. The van der Waals surface area contributed by atoms with Crippen LogP contribution in [0.2, 0.25) is 0 Å². The van der Waals surface area contributed by atoms with E-state index >= 15 is 0 Å². The lowest BCUT2D eigenvalue weighted by atomic mass is 9.96. The number of carbonyl (C=O) groups excluding carboxylic acids is 1. The molecule has 0 aliphatic rings. The number of nitrogen functional groups attached to an aromatic ring is 1. The maximum Gasteiger partial charge on any atom is 0.336 e. The van der Waals surface area contributed by atoms with E-state index in [-0.39, 0.29) is 10.7 Å². The summed E-state index contributed by atoms with van der Waals surface area (Å²) >= 11 is 0. The SMILES string of the molecule is C[C@](Nc1ccc(C(=N)N)cc1)(C(=O)O)C(=O)CNS(=O)(=O)c1ccc2ccccc2c1. The quantitative estimate of drug-likeness (QED) is 0.187. The first-order chi connectivity index (χ1) is 15.0. The number of aliphatic carboxylic acids is 1. The summed E-state index contributed by atoms with van der Waals surface area (Å²) < 4.78 is 27.5. The number of rotatable bonds is 9. The Morgan fingerprint density at radius 2 is 1.66 bits per heavy atom. The average molecular weight is 455 g/mol. The standard InChI is InChI=1S/C22H22N4O5S/c1-22(21(28)29,26-17-9-6-15(7-10-17)20(23)24)19(27)13-25-32(30,31)18-11-8-14-4-2-3-5-16(14)12-18/h2-12,25-26H,13H2,1H3,(H3,23,24)(H,28,29)/t22-/m1/s1. The third kappa shape index (κ3) is 4.76. The number of carboxylic acid groups (broad SMARTS) is 1. The van der Waals surface area contributed by atoms with E-state index in [1.54, 1.807) is 18.2 Å². The first-order valence-electron chi connectivity index (χ1n) is 9.51. The van der Waals surface area contributed by atoms with Gasteiger partial charge in [-0.05, 0) is 54.1 Å². The van der Waals surface area contributed by atoms with Crippen molar-refractivity contribution in [2.75, 3.05) is 11.9 Å². The van der Waals surface area contributed by atoms with Crippen molar-refractivity contribution in [1.29, 1.82) is 5.41 Å². The van der Waals surface area contributed by atoms with Crippen LogP contribution in [0.3, 0.4) is 0 Å². The summed E-state index contributed by atoms with van der Waals surface area (Å²) in [5.74, 6) is -2.51. The normalized spacial score (nSPS) is 13.3. The molecule has 0 fully saturated rings. The largest absolute Gasteiger partial charge is 0.479 e. The predicted molar refractivity (Wildman–Crippen MR) is 121 cm³/mol. The van der Waals surface area contributed by atoms with Crippen LogP contribution in [-0.2, 0) is 19.6 Å². The van der Waals surface area contributed by atoms with Crippen LogP contribution in [0.25, 0.3) is 10.8 Å². The predicted octanol–water partition coefficient (Wildman–Crippen LogP) is 1.93. The molecule has 3 aromatic carbocycles. The van der Waals surface area contributed by atoms with E-state index in [2.05, 4.69) is 10.0 Å². The minimum Gasteiger partial charge on any atom is -0.479 e. The number of amidine groups is 1. The van der Waals surface area contributed by atoms with E-state index < -0.39 is 33.9 Å². The summed E-state index contributed by atoms with van der Waals surface area (Å²) in [6.07, 6.45) is 0. The summed E-state index contributed by atoms with van der Waals surface area (Å²) in [6.45, 7) is 0.428. The molecular formula is C22H22N4O5S. The van der Waals surface area contributed by atoms with Crippen LogP contribution in [0, 0.1) is 5.41 Å². The van der Waals surface area contributed by atoms with Crippen molar-refractivity contribution >= 4 is 44.1 Å². The van der Waals surface area contributed by atoms with Crippen LogP contribution in [0.15, 0.2) is 71.6 Å². The van der Waals surface area contributed by atoms with Crippen molar-refractivity contribution in [2.45, 2.75) is 17.4 Å². The summed E-state index contributed by atoms with van der Waals surface area (Å²) in [7, 11) is -4.05. The van der Waals surface area contributed by atoms with E-state index in [4.69, 9.17) is 11.1 Å². The van der Waals surface area contributed by atoms with Crippen LogP contribution in [0.1, 0.15) is 12.5 Å². The molecule has 0 saturated carbocycles. The van der Waals surface area contributed by atoms with Gasteiger partial charge in [0.1, 0.15) is 5.84 Å². The molecule has 1 atom stereocenters. The number of fused-ring (bicyclic) bond motifs is 1. The molecule has 10 heteroatoms. The smallest absolute Gasteiger partial charge is 0.336 e. The monoisotopic (exact) mass is 454 g/mol. The van der Waals surface area contributed by atoms with Gasteiger partial charge in [0.05, 0.1) is 11.4 Å². The molecule has 0 aliphatic carbocycles. The highest BCUT2D eigenvalue weighted by molar-refractivity contribution is 7.89. The van der Waals surface area contributed by atoms with Crippen LogP contribution in [-0.4, -0.2) is 43.2 Å². The molecule has 0 aliphatic heterocycles. The molecule has 166 valence electrons. The van der Waals surface area contributed by atoms with Gasteiger partial charge in [0, 0.05) is 11.3 Å². The number of nitrogens with two attached hydrogens (primary N) is 1. The van der Waals surface area contributed by atoms with Crippen LogP contribution in [0.4, 0.5) is 5.69 Å². The van der Waals surface area contributed by atoms with Gasteiger partial charge in [-0.2, -0.15) is 0 Å². The van der Waals surface area contributed by atoms with E-state index in [9.17, 15) is 23.1 Å². The second-order valence-electron chi connectivity index (χ2n) is 7.30. The molecular weight excluding hydrogens is 432 g/mol. The zero-order chi connectivity index (χ0) is 23.5. The van der Waals surface area contributed by atoms with Crippen molar-refractivity contribution in [1.82, 2.24) is 4.72 Å². The Balaban J connectivity index is 1.77. The third-order valence-corrected chi connectivity index (χ3v) is 6.43. The molecule has 0 unspecified atom stereocenters. The number of anilines is 1. The molecule has 0 amide bonds.